The molecule has 1 heterocycles. The van der Waals surface area contributed by atoms with Gasteiger partial charge in [0, 0.05) is 5.41 Å². The van der Waals surface area contributed by atoms with Crippen molar-refractivity contribution >= 4 is 10.3 Å². The first-order valence-electron chi connectivity index (χ1n) is 3.16. The fraction of sp³-hybridized carbons (Fsp3) is 1.00. The van der Waals surface area contributed by atoms with Crippen LogP contribution in [0, 0.1) is 5.41 Å². The molecule has 0 aromatic rings. The maximum atomic E-state index is 10.3. The van der Waals surface area contributed by atoms with Crippen molar-refractivity contribution in [2.24, 2.45) is 10.6 Å². The third-order valence-electron chi connectivity index (χ3n) is 1.47. The molecule has 0 aromatic heterocycles. The van der Waals surface area contributed by atoms with E-state index in [0.717, 1.165) is 0 Å². The molecule has 0 amide bonds. The molecule has 11 heavy (non-hydrogen) atoms. The van der Waals surface area contributed by atoms with E-state index in [9.17, 15) is 8.42 Å². The van der Waals surface area contributed by atoms with E-state index < -0.39 is 10.3 Å². The molecule has 0 aromatic carbocycles. The zero-order valence-corrected chi connectivity index (χ0v) is 7.06. The Hall–Kier alpha value is -0.170. The van der Waals surface area contributed by atoms with Crippen molar-refractivity contribution in [3.63, 3.8) is 0 Å². The van der Waals surface area contributed by atoms with Crippen molar-refractivity contribution in [1.82, 2.24) is 0 Å². The van der Waals surface area contributed by atoms with Gasteiger partial charge in [-0.15, -0.1) is 0 Å². The molecule has 0 aliphatic carbocycles. The van der Waals surface area contributed by atoms with Gasteiger partial charge in [0.2, 0.25) is 0 Å². The van der Waals surface area contributed by atoms with Crippen LogP contribution in [0.5, 0.6) is 0 Å². The molecule has 1 fully saturated rings. The normalized spacial score (nSPS) is 22.7. The van der Waals surface area contributed by atoms with Crippen LogP contribution in [0.1, 0.15) is 6.92 Å². The minimum absolute atomic E-state index is 0.103. The van der Waals surface area contributed by atoms with Gasteiger partial charge in [-0.1, -0.05) is 6.92 Å². The third-order valence-corrected chi connectivity index (χ3v) is 1.92. The lowest BCUT2D eigenvalue weighted by atomic mass is 9.90. The lowest BCUT2D eigenvalue weighted by Crippen LogP contribution is -2.44. The van der Waals surface area contributed by atoms with Crippen LogP contribution in [0.15, 0.2) is 0 Å². The molecule has 0 radical (unpaired) electrons. The first kappa shape index (κ1) is 8.92. The lowest BCUT2D eigenvalue weighted by molar-refractivity contribution is -0.119. The summed E-state index contributed by atoms with van der Waals surface area (Å²) in [7, 11) is -3.79. The highest BCUT2D eigenvalue weighted by atomic mass is 32.2. The van der Waals surface area contributed by atoms with Crippen molar-refractivity contribution < 1.29 is 17.3 Å². The van der Waals surface area contributed by atoms with Gasteiger partial charge in [-0.05, 0) is 0 Å². The Kier molecular flexibility index (Phi) is 2.19. The molecule has 5 nitrogen and oxygen atoms in total. The van der Waals surface area contributed by atoms with E-state index in [4.69, 9.17) is 4.74 Å². The van der Waals surface area contributed by atoms with Crippen molar-refractivity contribution in [3.05, 3.63) is 0 Å². The Morgan fingerprint density at radius 2 is 2.18 bits per heavy atom. The van der Waals surface area contributed by atoms with Gasteiger partial charge in [-0.25, -0.2) is 5.14 Å². The molecule has 0 bridgehead atoms. The molecule has 2 N–H and O–H groups in total. The van der Waals surface area contributed by atoms with Crippen LogP contribution in [0.3, 0.4) is 0 Å². The largest absolute Gasteiger partial charge is 0.380 e. The fourth-order valence-corrected chi connectivity index (χ4v) is 1.21. The molecule has 0 spiro atoms. The van der Waals surface area contributed by atoms with Crippen molar-refractivity contribution in [2.45, 2.75) is 6.92 Å². The minimum atomic E-state index is -3.79. The lowest BCUT2D eigenvalue weighted by Gasteiger charge is -2.36. The van der Waals surface area contributed by atoms with Gasteiger partial charge in [0.15, 0.2) is 0 Å². The number of rotatable bonds is 3. The van der Waals surface area contributed by atoms with E-state index in [0.29, 0.717) is 13.2 Å². The van der Waals surface area contributed by atoms with E-state index >= 15 is 0 Å². The summed E-state index contributed by atoms with van der Waals surface area (Å²) in [6.45, 7) is 3.04. The Morgan fingerprint density at radius 1 is 1.64 bits per heavy atom. The van der Waals surface area contributed by atoms with E-state index in [-0.39, 0.29) is 12.0 Å². The molecule has 1 rings (SSSR count). The summed E-state index contributed by atoms with van der Waals surface area (Å²) in [6.07, 6.45) is 0. The molecule has 66 valence electrons. The molecular formula is C5H11NO4S. The average Bonchev–Trinajstić information content (AvgIpc) is 1.77. The number of hydrogen-bond acceptors (Lipinski definition) is 4. The molecule has 1 aliphatic rings. The average molecular weight is 181 g/mol. The molecule has 0 atom stereocenters. The summed E-state index contributed by atoms with van der Waals surface area (Å²) >= 11 is 0. The standard InChI is InChI=1S/C5H11NO4S/c1-5(2-9-3-5)4-10-11(6,7)8/h2-4H2,1H3,(H2,6,7,8). The maximum absolute atomic E-state index is 10.3. The Morgan fingerprint density at radius 3 is 2.45 bits per heavy atom. The van der Waals surface area contributed by atoms with E-state index in [2.05, 4.69) is 9.32 Å². The number of hydrogen-bond donors (Lipinski definition) is 1. The molecule has 0 saturated carbocycles. The molecule has 0 unspecified atom stereocenters. The van der Waals surface area contributed by atoms with Crippen LogP contribution in [0.25, 0.3) is 0 Å². The second-order valence-electron chi connectivity index (χ2n) is 3.06. The highest BCUT2D eigenvalue weighted by Gasteiger charge is 2.34. The van der Waals surface area contributed by atoms with E-state index in [1.54, 1.807) is 0 Å². The summed E-state index contributed by atoms with van der Waals surface area (Å²) in [4.78, 5) is 0. The zero-order chi connectivity index (χ0) is 8.54. The van der Waals surface area contributed by atoms with E-state index in [1.807, 2.05) is 6.92 Å². The van der Waals surface area contributed by atoms with Gasteiger partial charge in [-0.3, -0.25) is 4.18 Å². The SMILES string of the molecule is CC1(COS(N)(=O)=O)COC1. The predicted octanol–water partition coefficient (Wildman–Crippen LogP) is -0.757. The second kappa shape index (κ2) is 2.71. The Balaban J connectivity index is 2.33. The molecule has 1 aliphatic heterocycles. The molecule has 1 saturated heterocycles. The van der Waals surface area contributed by atoms with Crippen LogP contribution in [0.2, 0.25) is 0 Å². The monoisotopic (exact) mass is 181 g/mol. The summed E-state index contributed by atoms with van der Waals surface area (Å²) in [5.41, 5.74) is -0.174. The quantitative estimate of drug-likeness (QED) is 0.621. The van der Waals surface area contributed by atoms with Crippen molar-refractivity contribution in [2.75, 3.05) is 19.8 Å². The highest BCUT2D eigenvalue weighted by molar-refractivity contribution is 7.84. The Labute approximate surface area is 65.7 Å². The highest BCUT2D eigenvalue weighted by Crippen LogP contribution is 2.26. The van der Waals surface area contributed by atoms with Crippen LogP contribution >= 0.6 is 0 Å². The molecule has 6 heteroatoms. The summed E-state index contributed by atoms with van der Waals surface area (Å²) in [5.74, 6) is 0. The summed E-state index contributed by atoms with van der Waals surface area (Å²) in [5, 5.41) is 4.63. The van der Waals surface area contributed by atoms with Crippen molar-refractivity contribution in [1.29, 1.82) is 0 Å². The van der Waals surface area contributed by atoms with Crippen LogP contribution in [0.4, 0.5) is 0 Å². The van der Waals surface area contributed by atoms with Gasteiger partial charge in [-0.2, -0.15) is 8.42 Å². The summed E-state index contributed by atoms with van der Waals surface area (Å²) < 4.78 is 30.0. The fourth-order valence-electron chi connectivity index (χ4n) is 0.758. The third kappa shape index (κ3) is 2.74. The number of ether oxygens (including phenoxy) is 1. The van der Waals surface area contributed by atoms with Gasteiger partial charge in [0.25, 0.3) is 0 Å². The first-order chi connectivity index (χ1) is 4.91. The smallest absolute Gasteiger partial charge is 0.333 e. The van der Waals surface area contributed by atoms with Gasteiger partial charge < -0.3 is 4.74 Å². The van der Waals surface area contributed by atoms with Crippen LogP contribution in [-0.4, -0.2) is 28.2 Å². The molecular weight excluding hydrogens is 170 g/mol. The van der Waals surface area contributed by atoms with Crippen molar-refractivity contribution in [3.8, 4) is 0 Å². The zero-order valence-electron chi connectivity index (χ0n) is 6.24. The second-order valence-corrected chi connectivity index (χ2v) is 4.28. The van der Waals surface area contributed by atoms with Gasteiger partial charge >= 0.3 is 10.3 Å². The maximum Gasteiger partial charge on any atom is 0.333 e. The van der Waals surface area contributed by atoms with E-state index in [1.165, 1.54) is 0 Å². The Bertz CT molecular complexity index is 231. The van der Waals surface area contributed by atoms with Crippen LogP contribution in [-0.2, 0) is 19.2 Å². The van der Waals surface area contributed by atoms with Crippen LogP contribution < -0.4 is 5.14 Å². The first-order valence-corrected chi connectivity index (χ1v) is 4.63. The topological polar surface area (TPSA) is 78.6 Å². The number of nitrogens with two attached hydrogens (primary N) is 1. The van der Waals surface area contributed by atoms with Gasteiger partial charge in [0.05, 0.1) is 19.8 Å². The predicted molar refractivity (Wildman–Crippen MR) is 38.0 cm³/mol. The summed E-state index contributed by atoms with van der Waals surface area (Å²) in [6, 6.07) is 0. The van der Waals surface area contributed by atoms with Gasteiger partial charge in [0.1, 0.15) is 0 Å². The minimum Gasteiger partial charge on any atom is -0.380 e.